The van der Waals surface area contributed by atoms with E-state index in [1.54, 1.807) is 11.0 Å². The number of ketones is 1. The lowest BCUT2D eigenvalue weighted by atomic mass is 9.93. The second kappa shape index (κ2) is 9.69. The van der Waals surface area contributed by atoms with Crippen LogP contribution < -0.4 is 5.32 Å². The lowest BCUT2D eigenvalue weighted by Gasteiger charge is -2.22. The molecule has 6 nitrogen and oxygen atoms in total. The topological polar surface area (TPSA) is 76.9 Å². The van der Waals surface area contributed by atoms with Crippen molar-refractivity contribution in [2.24, 2.45) is 5.92 Å². The maximum Gasteiger partial charge on any atom is 0.227 e. The minimum atomic E-state index is -0.288. The van der Waals surface area contributed by atoms with Crippen LogP contribution in [0.15, 0.2) is 67.3 Å². The minimum Gasteiger partial charge on any atom is -0.347 e. The maximum absolute atomic E-state index is 13.1. The number of nitrogens with one attached hydrogen (secondary N) is 1. The Balaban J connectivity index is 1.42. The van der Waals surface area contributed by atoms with Crippen LogP contribution in [0.2, 0.25) is 0 Å². The van der Waals surface area contributed by atoms with E-state index in [-0.39, 0.29) is 23.8 Å². The third kappa shape index (κ3) is 5.26. The van der Waals surface area contributed by atoms with Crippen LogP contribution in [-0.4, -0.2) is 26.5 Å². The van der Waals surface area contributed by atoms with Gasteiger partial charge in [0.25, 0.3) is 0 Å². The Labute approximate surface area is 182 Å². The summed E-state index contributed by atoms with van der Waals surface area (Å²) in [6, 6.07) is 17.8. The molecule has 0 radical (unpaired) electrons. The average molecular weight is 417 g/mol. The van der Waals surface area contributed by atoms with Gasteiger partial charge in [-0.2, -0.15) is 5.10 Å². The molecule has 160 valence electrons. The third-order valence-corrected chi connectivity index (χ3v) is 6.14. The molecule has 0 saturated heterocycles. The summed E-state index contributed by atoms with van der Waals surface area (Å²) in [5.41, 5.74) is 3.15. The highest BCUT2D eigenvalue weighted by Crippen LogP contribution is 2.26. The molecule has 4 rings (SSSR count). The molecule has 1 N–H and O–H groups in total. The van der Waals surface area contributed by atoms with E-state index in [4.69, 9.17) is 0 Å². The number of nitrogens with zero attached hydrogens (tertiary/aromatic N) is 3. The van der Waals surface area contributed by atoms with Gasteiger partial charge in [0.05, 0.1) is 18.5 Å². The molecule has 3 aromatic rings. The van der Waals surface area contributed by atoms with Gasteiger partial charge in [0.15, 0.2) is 0 Å². The first-order valence-electron chi connectivity index (χ1n) is 10.9. The molecule has 0 bridgehead atoms. The van der Waals surface area contributed by atoms with Crippen LogP contribution in [0.5, 0.6) is 0 Å². The summed E-state index contributed by atoms with van der Waals surface area (Å²) in [5, 5.41) is 7.36. The molecule has 0 spiro atoms. The van der Waals surface area contributed by atoms with Gasteiger partial charge in [0, 0.05) is 12.3 Å². The highest BCUT2D eigenvalue weighted by Gasteiger charge is 2.25. The van der Waals surface area contributed by atoms with E-state index < -0.39 is 0 Å². The van der Waals surface area contributed by atoms with Gasteiger partial charge in [-0.25, -0.2) is 4.98 Å². The summed E-state index contributed by atoms with van der Waals surface area (Å²) >= 11 is 0. The normalized spacial score (nSPS) is 18.0. The van der Waals surface area contributed by atoms with Gasteiger partial charge in [-0.1, -0.05) is 54.6 Å². The first-order chi connectivity index (χ1) is 15.1. The summed E-state index contributed by atoms with van der Waals surface area (Å²) in [5.74, 6) is 0.225. The fourth-order valence-electron chi connectivity index (χ4n) is 4.21. The molecule has 6 heteroatoms. The Bertz CT molecular complexity index is 1000. The molecule has 2 aromatic carbocycles. The van der Waals surface area contributed by atoms with Crippen LogP contribution in [0.3, 0.4) is 0 Å². The van der Waals surface area contributed by atoms with E-state index in [9.17, 15) is 9.59 Å². The van der Waals surface area contributed by atoms with Crippen LogP contribution >= 0.6 is 0 Å². The second-order valence-corrected chi connectivity index (χ2v) is 8.31. The molecule has 1 fully saturated rings. The number of Topliss-reactive ketones (excluding diaryl/α,β-unsaturated/α-hetero) is 1. The van der Waals surface area contributed by atoms with Gasteiger partial charge in [0.2, 0.25) is 5.91 Å². The van der Waals surface area contributed by atoms with Gasteiger partial charge in [-0.05, 0) is 42.9 Å². The molecule has 0 aliphatic heterocycles. The smallest absolute Gasteiger partial charge is 0.227 e. The second-order valence-electron chi connectivity index (χ2n) is 8.31. The SMILES string of the molecule is C[C@H](C(=O)N[C@H](Cn1cncn1)c1ccccc1)c1ccc(CC2CCCC2=O)cc1. The zero-order valence-electron chi connectivity index (χ0n) is 17.8. The first-order valence-corrected chi connectivity index (χ1v) is 10.9. The molecule has 1 aliphatic carbocycles. The van der Waals surface area contributed by atoms with Crippen molar-refractivity contribution in [1.82, 2.24) is 20.1 Å². The average Bonchev–Trinajstić information content (AvgIpc) is 3.46. The summed E-state index contributed by atoms with van der Waals surface area (Å²) in [6.45, 7) is 2.43. The molecule has 3 atom stereocenters. The van der Waals surface area contributed by atoms with Crippen molar-refractivity contribution in [2.75, 3.05) is 0 Å². The maximum atomic E-state index is 13.1. The molecular weight excluding hydrogens is 388 g/mol. The summed E-state index contributed by atoms with van der Waals surface area (Å²) in [7, 11) is 0. The Morgan fingerprint density at radius 2 is 1.90 bits per heavy atom. The van der Waals surface area contributed by atoms with Crippen LogP contribution in [0.4, 0.5) is 0 Å². The molecule has 1 saturated carbocycles. The lowest BCUT2D eigenvalue weighted by molar-refractivity contribution is -0.123. The monoisotopic (exact) mass is 416 g/mol. The minimum absolute atomic E-state index is 0.0345. The molecule has 1 aliphatic rings. The van der Waals surface area contributed by atoms with Crippen molar-refractivity contribution in [3.63, 3.8) is 0 Å². The molecule has 1 aromatic heterocycles. The van der Waals surface area contributed by atoms with Gasteiger partial charge in [-0.3, -0.25) is 14.3 Å². The van der Waals surface area contributed by atoms with Crippen molar-refractivity contribution in [2.45, 2.75) is 51.1 Å². The van der Waals surface area contributed by atoms with E-state index >= 15 is 0 Å². The van der Waals surface area contributed by atoms with Gasteiger partial charge in [0.1, 0.15) is 18.4 Å². The molecular formula is C25H28N4O2. The van der Waals surface area contributed by atoms with Crippen molar-refractivity contribution >= 4 is 11.7 Å². The molecule has 1 amide bonds. The highest BCUT2D eigenvalue weighted by atomic mass is 16.2. The predicted octanol–water partition coefficient (Wildman–Crippen LogP) is 3.85. The Hall–Kier alpha value is -3.28. The molecule has 31 heavy (non-hydrogen) atoms. The van der Waals surface area contributed by atoms with Crippen LogP contribution in [0, 0.1) is 5.92 Å². The van der Waals surface area contributed by atoms with E-state index in [0.29, 0.717) is 12.3 Å². The summed E-state index contributed by atoms with van der Waals surface area (Å²) in [4.78, 5) is 29.0. The van der Waals surface area contributed by atoms with Crippen LogP contribution in [0.25, 0.3) is 0 Å². The van der Waals surface area contributed by atoms with E-state index in [0.717, 1.165) is 42.4 Å². The van der Waals surface area contributed by atoms with Gasteiger partial charge < -0.3 is 5.32 Å². The van der Waals surface area contributed by atoms with Crippen molar-refractivity contribution in [3.8, 4) is 0 Å². The lowest BCUT2D eigenvalue weighted by Crippen LogP contribution is -2.34. The highest BCUT2D eigenvalue weighted by molar-refractivity contribution is 5.84. The Morgan fingerprint density at radius 1 is 1.13 bits per heavy atom. The van der Waals surface area contributed by atoms with Crippen molar-refractivity contribution < 1.29 is 9.59 Å². The van der Waals surface area contributed by atoms with Gasteiger partial charge in [-0.15, -0.1) is 0 Å². The number of benzene rings is 2. The number of carbonyl (C=O) groups excluding carboxylic acids is 2. The van der Waals surface area contributed by atoms with Crippen molar-refractivity contribution in [3.05, 3.63) is 83.9 Å². The first kappa shape index (κ1) is 21.0. The third-order valence-electron chi connectivity index (χ3n) is 6.14. The molecule has 1 unspecified atom stereocenters. The number of amides is 1. The van der Waals surface area contributed by atoms with E-state index in [1.165, 1.54) is 6.33 Å². The predicted molar refractivity (Wildman–Crippen MR) is 118 cm³/mol. The molecule has 1 heterocycles. The van der Waals surface area contributed by atoms with Crippen LogP contribution in [0.1, 0.15) is 54.8 Å². The fraction of sp³-hybridized carbons (Fsp3) is 0.360. The number of aromatic nitrogens is 3. The van der Waals surface area contributed by atoms with Crippen molar-refractivity contribution in [1.29, 1.82) is 0 Å². The standard InChI is InChI=1S/C25H28N4O2/c1-18(20-12-10-19(11-13-20)14-22-8-5-9-24(22)30)25(31)28-23(15-29-17-26-16-27-29)21-6-3-2-4-7-21/h2-4,6-7,10-13,16-18,22-23H,5,8-9,14-15H2,1H3,(H,28,31)/t18-,22?,23+/m0/s1. The fourth-order valence-corrected chi connectivity index (χ4v) is 4.21. The number of hydrogen-bond acceptors (Lipinski definition) is 4. The van der Waals surface area contributed by atoms with E-state index in [1.807, 2.05) is 49.4 Å². The largest absolute Gasteiger partial charge is 0.347 e. The Kier molecular flexibility index (Phi) is 6.55. The van der Waals surface area contributed by atoms with E-state index in [2.05, 4.69) is 27.5 Å². The number of hydrogen-bond donors (Lipinski definition) is 1. The Morgan fingerprint density at radius 3 is 2.55 bits per heavy atom. The number of rotatable bonds is 8. The number of carbonyl (C=O) groups is 2. The summed E-state index contributed by atoms with van der Waals surface area (Å²) < 4.78 is 1.72. The summed E-state index contributed by atoms with van der Waals surface area (Å²) in [6.07, 6.45) is 6.67. The zero-order valence-corrected chi connectivity index (χ0v) is 17.8. The zero-order chi connectivity index (χ0) is 21.6. The van der Waals surface area contributed by atoms with Crippen LogP contribution in [-0.2, 0) is 22.6 Å². The quantitative estimate of drug-likeness (QED) is 0.605. The van der Waals surface area contributed by atoms with Gasteiger partial charge >= 0.3 is 0 Å².